The molecule has 0 aliphatic carbocycles. The van der Waals surface area contributed by atoms with Crippen LogP contribution in [0.4, 0.5) is 0 Å². The maximum atomic E-state index is 11.4. The van der Waals surface area contributed by atoms with Crippen LogP contribution in [0.5, 0.6) is 5.75 Å². The molecule has 23 heavy (non-hydrogen) atoms. The first-order valence-electron chi connectivity index (χ1n) is 7.33. The number of ether oxygens (including phenoxy) is 1. The Hall–Kier alpha value is -3.07. The number of benzene rings is 3. The van der Waals surface area contributed by atoms with E-state index in [1.54, 1.807) is 18.2 Å². The van der Waals surface area contributed by atoms with Crippen molar-refractivity contribution in [2.24, 2.45) is 0 Å². The average molecular weight is 304 g/mol. The molecule has 0 saturated carbocycles. The first kappa shape index (κ1) is 14.9. The molecule has 3 aromatic rings. The largest absolute Gasteiger partial charge is 0.488 e. The molecule has 0 heterocycles. The molecule has 0 aliphatic heterocycles. The van der Waals surface area contributed by atoms with E-state index in [1.165, 1.54) is 0 Å². The third kappa shape index (κ3) is 3.58. The van der Waals surface area contributed by atoms with Gasteiger partial charge >= 0.3 is 5.97 Å². The molecule has 0 unspecified atom stereocenters. The zero-order valence-electron chi connectivity index (χ0n) is 12.5. The smallest absolute Gasteiger partial charge is 0.339 e. The fourth-order valence-electron chi connectivity index (χ4n) is 2.36. The highest BCUT2D eigenvalue weighted by Crippen LogP contribution is 2.28. The molecule has 0 aromatic heterocycles. The van der Waals surface area contributed by atoms with Gasteiger partial charge in [-0.3, -0.25) is 0 Å². The molecular formula is C20H16O3. The Kier molecular flexibility index (Phi) is 4.39. The van der Waals surface area contributed by atoms with Crippen molar-refractivity contribution in [3.63, 3.8) is 0 Å². The molecule has 1 N–H and O–H groups in total. The van der Waals surface area contributed by atoms with Crippen molar-refractivity contribution >= 4 is 5.97 Å². The predicted molar refractivity (Wildman–Crippen MR) is 89.6 cm³/mol. The van der Waals surface area contributed by atoms with E-state index in [2.05, 4.69) is 0 Å². The Morgan fingerprint density at radius 1 is 0.826 bits per heavy atom. The number of carboxylic acid groups (broad SMARTS) is 1. The van der Waals surface area contributed by atoms with E-state index < -0.39 is 5.97 Å². The van der Waals surface area contributed by atoms with Crippen LogP contribution in [0, 0.1) is 0 Å². The second-order valence-corrected chi connectivity index (χ2v) is 5.16. The lowest BCUT2D eigenvalue weighted by atomic mass is 10.0. The van der Waals surface area contributed by atoms with E-state index in [0.29, 0.717) is 12.4 Å². The molecule has 3 nitrogen and oxygen atoms in total. The summed E-state index contributed by atoms with van der Waals surface area (Å²) in [5, 5.41) is 9.34. The summed E-state index contributed by atoms with van der Waals surface area (Å²) in [5.74, 6) is -0.615. The minimum atomic E-state index is -0.993. The third-order valence-corrected chi connectivity index (χ3v) is 3.56. The van der Waals surface area contributed by atoms with Crippen molar-refractivity contribution in [1.82, 2.24) is 0 Å². The maximum absolute atomic E-state index is 11.4. The average Bonchev–Trinajstić information content (AvgIpc) is 2.61. The zero-order chi connectivity index (χ0) is 16.1. The lowest BCUT2D eigenvalue weighted by Gasteiger charge is -2.11. The Morgan fingerprint density at radius 2 is 1.48 bits per heavy atom. The van der Waals surface area contributed by atoms with Crippen LogP contribution in [0.2, 0.25) is 0 Å². The van der Waals surface area contributed by atoms with Crippen LogP contribution >= 0.6 is 0 Å². The lowest BCUT2D eigenvalue weighted by Crippen LogP contribution is -2.03. The summed E-state index contributed by atoms with van der Waals surface area (Å²) in [5.41, 5.74) is 3.11. The lowest BCUT2D eigenvalue weighted by molar-refractivity contribution is 0.0692. The van der Waals surface area contributed by atoms with Gasteiger partial charge in [0.1, 0.15) is 17.9 Å². The van der Waals surface area contributed by atoms with E-state index in [9.17, 15) is 9.90 Å². The molecule has 3 heteroatoms. The minimum Gasteiger partial charge on any atom is -0.488 e. The van der Waals surface area contributed by atoms with Crippen molar-refractivity contribution < 1.29 is 14.6 Å². The molecule has 0 saturated heterocycles. The highest BCUT2D eigenvalue weighted by Gasteiger charge is 2.13. The molecule has 3 rings (SSSR count). The third-order valence-electron chi connectivity index (χ3n) is 3.56. The second kappa shape index (κ2) is 6.79. The molecule has 0 atom stereocenters. The van der Waals surface area contributed by atoms with E-state index >= 15 is 0 Å². The van der Waals surface area contributed by atoms with E-state index in [1.807, 2.05) is 60.7 Å². The Labute approximate surface area is 134 Å². The second-order valence-electron chi connectivity index (χ2n) is 5.16. The van der Waals surface area contributed by atoms with Gasteiger partial charge in [0.2, 0.25) is 0 Å². The highest BCUT2D eigenvalue weighted by atomic mass is 16.5. The molecular weight excluding hydrogens is 288 g/mol. The van der Waals surface area contributed by atoms with Crippen LogP contribution in [-0.2, 0) is 6.61 Å². The quantitative estimate of drug-likeness (QED) is 0.747. The Bertz CT molecular complexity index is 796. The Morgan fingerprint density at radius 3 is 2.13 bits per heavy atom. The summed E-state index contributed by atoms with van der Waals surface area (Å²) in [7, 11) is 0. The number of hydrogen-bond acceptors (Lipinski definition) is 2. The molecule has 114 valence electrons. The molecule has 0 radical (unpaired) electrons. The number of rotatable bonds is 5. The van der Waals surface area contributed by atoms with E-state index in [-0.39, 0.29) is 5.56 Å². The predicted octanol–water partition coefficient (Wildman–Crippen LogP) is 4.63. The monoisotopic (exact) mass is 304 g/mol. The molecule has 0 amide bonds. The summed E-state index contributed by atoms with van der Waals surface area (Å²) in [6, 6.07) is 24.7. The number of hydrogen-bond donors (Lipinski definition) is 1. The van der Waals surface area contributed by atoms with Gasteiger partial charge < -0.3 is 9.84 Å². The Balaban J connectivity index is 1.91. The van der Waals surface area contributed by atoms with Gasteiger partial charge in [0, 0.05) is 0 Å². The standard InChI is InChI=1S/C20H16O3/c21-20(22)18-12-11-17(16-9-5-2-6-10-16)13-19(18)23-14-15-7-3-1-4-8-15/h1-13H,14H2,(H,21,22). The van der Waals surface area contributed by atoms with Gasteiger partial charge in [0.05, 0.1) is 0 Å². The van der Waals surface area contributed by atoms with Crippen molar-refractivity contribution in [3.8, 4) is 16.9 Å². The van der Waals surface area contributed by atoms with Crippen LogP contribution in [-0.4, -0.2) is 11.1 Å². The van der Waals surface area contributed by atoms with E-state index in [4.69, 9.17) is 4.74 Å². The maximum Gasteiger partial charge on any atom is 0.339 e. The van der Waals surface area contributed by atoms with Crippen LogP contribution in [0.25, 0.3) is 11.1 Å². The number of carbonyl (C=O) groups is 1. The van der Waals surface area contributed by atoms with Gasteiger partial charge in [-0.05, 0) is 28.8 Å². The molecule has 3 aromatic carbocycles. The van der Waals surface area contributed by atoms with Crippen molar-refractivity contribution in [2.45, 2.75) is 6.61 Å². The van der Waals surface area contributed by atoms with Crippen LogP contribution in [0.3, 0.4) is 0 Å². The number of aromatic carboxylic acids is 1. The van der Waals surface area contributed by atoms with Gasteiger partial charge in [0.25, 0.3) is 0 Å². The fourth-order valence-corrected chi connectivity index (χ4v) is 2.36. The van der Waals surface area contributed by atoms with Gasteiger partial charge in [0.15, 0.2) is 0 Å². The normalized spacial score (nSPS) is 10.3. The highest BCUT2D eigenvalue weighted by molar-refractivity contribution is 5.92. The summed E-state index contributed by atoms with van der Waals surface area (Å²) >= 11 is 0. The van der Waals surface area contributed by atoms with E-state index in [0.717, 1.165) is 16.7 Å². The summed E-state index contributed by atoms with van der Waals surface area (Å²) < 4.78 is 5.77. The minimum absolute atomic E-state index is 0.167. The molecule has 0 bridgehead atoms. The molecule has 0 fully saturated rings. The van der Waals surface area contributed by atoms with Crippen molar-refractivity contribution in [2.75, 3.05) is 0 Å². The summed E-state index contributed by atoms with van der Waals surface area (Å²) in [4.78, 5) is 11.4. The first-order chi connectivity index (χ1) is 11.2. The zero-order valence-corrected chi connectivity index (χ0v) is 12.5. The van der Waals surface area contributed by atoms with Crippen LogP contribution in [0.15, 0.2) is 78.9 Å². The van der Waals surface area contributed by atoms with Crippen molar-refractivity contribution in [1.29, 1.82) is 0 Å². The first-order valence-corrected chi connectivity index (χ1v) is 7.33. The summed E-state index contributed by atoms with van der Waals surface area (Å²) in [6.45, 7) is 0.333. The summed E-state index contributed by atoms with van der Waals surface area (Å²) in [6.07, 6.45) is 0. The van der Waals surface area contributed by atoms with Crippen molar-refractivity contribution in [3.05, 3.63) is 90.0 Å². The van der Waals surface area contributed by atoms with Gasteiger partial charge in [-0.2, -0.15) is 0 Å². The molecule has 0 spiro atoms. The van der Waals surface area contributed by atoms with Crippen LogP contribution in [0.1, 0.15) is 15.9 Å². The SMILES string of the molecule is O=C(O)c1ccc(-c2ccccc2)cc1OCc1ccccc1. The van der Waals surface area contributed by atoms with Gasteiger partial charge in [-0.1, -0.05) is 66.7 Å². The van der Waals surface area contributed by atoms with Gasteiger partial charge in [-0.25, -0.2) is 4.79 Å². The topological polar surface area (TPSA) is 46.5 Å². The van der Waals surface area contributed by atoms with Crippen LogP contribution < -0.4 is 4.74 Å². The molecule has 0 aliphatic rings. The fraction of sp³-hybridized carbons (Fsp3) is 0.0500. The number of carboxylic acids is 1. The van der Waals surface area contributed by atoms with Gasteiger partial charge in [-0.15, -0.1) is 0 Å².